The molecule has 0 heterocycles. The average Bonchev–Trinajstić information content (AvgIpc) is 0.928. The van der Waals surface area contributed by atoms with Crippen molar-refractivity contribution in [2.45, 2.75) is 512 Å². The molecule has 0 saturated carbocycles. The summed E-state index contributed by atoms with van der Waals surface area (Å²) in [7, 11) is 0. The minimum absolute atomic E-state index is 0.00463. The van der Waals surface area contributed by atoms with Crippen LogP contribution in [0.4, 0.5) is 0 Å². The summed E-state index contributed by atoms with van der Waals surface area (Å²) in [6.45, 7) is 26.8. The highest BCUT2D eigenvalue weighted by Crippen LogP contribution is 2.27. The number of carbonyl (C=O) groups is 5. The van der Waals surface area contributed by atoms with E-state index in [2.05, 4.69) is 67.2 Å². The maximum atomic E-state index is 12.4. The van der Waals surface area contributed by atoms with E-state index in [0.717, 1.165) is 95.9 Å². The first-order valence-electron chi connectivity index (χ1n) is 48.3. The first kappa shape index (κ1) is 111. The second-order valence-corrected chi connectivity index (χ2v) is 33.5. The third-order valence-electron chi connectivity index (χ3n) is 23.0. The maximum Gasteiger partial charge on any atom is 0.305 e. The first-order valence-corrected chi connectivity index (χ1v) is 48.3. The summed E-state index contributed by atoms with van der Waals surface area (Å²) in [6.07, 6.45) is 80.7. The van der Waals surface area contributed by atoms with Crippen molar-refractivity contribution in [2.24, 2.45) is 29.6 Å². The second kappa shape index (κ2) is 92.6. The van der Waals surface area contributed by atoms with Crippen LogP contribution >= 0.6 is 0 Å². The van der Waals surface area contributed by atoms with Crippen LogP contribution in [-0.2, 0) is 42.9 Å². The van der Waals surface area contributed by atoms with Gasteiger partial charge in [0.05, 0.1) is 26.4 Å². The van der Waals surface area contributed by atoms with Crippen molar-refractivity contribution < 1.29 is 53.1 Å². The lowest BCUT2D eigenvalue weighted by atomic mass is 9.90. The Morgan fingerprint density at radius 2 is 0.450 bits per heavy atom. The molecule has 12 heteroatoms. The zero-order valence-corrected chi connectivity index (χ0v) is 74.8. The number of unbranched alkanes of at least 4 members (excludes halogenated alkanes) is 37. The number of aliphatic hydroxyl groups excluding tert-OH is 2. The Morgan fingerprint density at radius 3 is 0.679 bits per heavy atom. The third kappa shape index (κ3) is 83.2. The molecule has 0 aromatic heterocycles. The molecule has 0 bridgehead atoms. The van der Waals surface area contributed by atoms with E-state index >= 15 is 0 Å². The minimum Gasteiger partial charge on any atom is -0.465 e. The van der Waals surface area contributed by atoms with E-state index in [-0.39, 0.29) is 30.5 Å². The Hall–Kier alpha value is -2.57. The van der Waals surface area contributed by atoms with Gasteiger partial charge in [-0.3, -0.25) is 19.2 Å². The van der Waals surface area contributed by atoms with E-state index < -0.39 is 0 Å². The van der Waals surface area contributed by atoms with Gasteiger partial charge in [-0.1, -0.05) is 371 Å². The molecule has 0 radical (unpaired) electrons. The minimum atomic E-state index is 0.00463. The predicted molar refractivity (Wildman–Crippen MR) is 468 cm³/mol. The van der Waals surface area contributed by atoms with Crippen LogP contribution in [0.5, 0.6) is 0 Å². The van der Waals surface area contributed by atoms with E-state index in [1.165, 1.54) is 347 Å². The molecule has 0 aliphatic heterocycles. The summed E-state index contributed by atoms with van der Waals surface area (Å²) < 4.78 is 22.9. The van der Waals surface area contributed by atoms with Gasteiger partial charge in [-0.05, 0) is 146 Å². The van der Waals surface area contributed by atoms with Gasteiger partial charge in [0.15, 0.2) is 0 Å². The van der Waals surface area contributed by atoms with Gasteiger partial charge >= 0.3 is 23.9 Å². The summed E-state index contributed by atoms with van der Waals surface area (Å²) in [5.41, 5.74) is 0. The fourth-order valence-corrected chi connectivity index (χ4v) is 15.7. The van der Waals surface area contributed by atoms with Crippen LogP contribution < -0.4 is 0 Å². The highest BCUT2D eigenvalue weighted by molar-refractivity contribution is 5.70. The molecular formula is C97H191NO11. The van der Waals surface area contributed by atoms with Gasteiger partial charge in [0.1, 0.15) is 6.29 Å². The standard InChI is InChI=1S/C48H95NO5.C47H92O5.C2H4O/c1-6-11-15-25-34-44(32-13-8-3)42-53-47(51)38-29-23-19-17-21-27-36-46(49(10-5)40-31-41-50)37-28-22-18-20-24-30-39-48(52)54-43-45(33-14-9-4)35-26-16-12-7-2;1-5-9-13-23-36-44(31-11-7-3)41-51-46(49)38-27-21-17-15-19-25-33-43(35-29-30-40-48)34-26-20-16-18-22-28-39-47(50)52-42-45(32-12-8-4)37-24-14-10-6-2;1-2-3/h44-46,50H,6-43H2,1-5H3;43-45,48H,5-42H2,1-4H3;2H,1H3. The summed E-state index contributed by atoms with van der Waals surface area (Å²) in [5, 5.41) is 18.8. The summed E-state index contributed by atoms with van der Waals surface area (Å²) in [4.78, 5) is 61.0. The van der Waals surface area contributed by atoms with E-state index in [0.29, 0.717) is 88.4 Å². The number of rotatable bonds is 85. The Balaban J connectivity index is -0.00000199. The normalized spacial score (nSPS) is 13.0. The molecule has 650 valence electrons. The van der Waals surface area contributed by atoms with Crippen LogP contribution in [0, 0.1) is 29.6 Å². The van der Waals surface area contributed by atoms with Crippen LogP contribution in [0.1, 0.15) is 506 Å². The number of esters is 4. The Bertz CT molecular complexity index is 1720. The van der Waals surface area contributed by atoms with Gasteiger partial charge in [0.2, 0.25) is 0 Å². The predicted octanol–water partition coefficient (Wildman–Crippen LogP) is 28.8. The van der Waals surface area contributed by atoms with Crippen LogP contribution in [0.25, 0.3) is 0 Å². The molecule has 0 saturated heterocycles. The molecule has 0 rings (SSSR count). The summed E-state index contributed by atoms with van der Waals surface area (Å²) >= 11 is 0. The largest absolute Gasteiger partial charge is 0.465 e. The molecular weight excluding hydrogens is 1360 g/mol. The lowest BCUT2D eigenvalue weighted by Gasteiger charge is -2.31. The Morgan fingerprint density at radius 1 is 0.257 bits per heavy atom. The van der Waals surface area contributed by atoms with Crippen LogP contribution in [0.15, 0.2) is 0 Å². The number of aldehydes is 1. The Labute approximate surface area is 678 Å². The molecule has 0 aromatic rings. The van der Waals surface area contributed by atoms with Gasteiger partial charge < -0.3 is 38.9 Å². The molecule has 0 aliphatic carbocycles. The molecule has 0 spiro atoms. The number of hydrogen-bond acceptors (Lipinski definition) is 12. The van der Waals surface area contributed by atoms with Crippen molar-refractivity contribution in [3.05, 3.63) is 0 Å². The van der Waals surface area contributed by atoms with Crippen molar-refractivity contribution in [1.29, 1.82) is 0 Å². The molecule has 12 nitrogen and oxygen atoms in total. The average molecular weight is 1550 g/mol. The van der Waals surface area contributed by atoms with E-state index in [1.807, 2.05) is 0 Å². The molecule has 0 fully saturated rings. The van der Waals surface area contributed by atoms with Crippen molar-refractivity contribution in [3.63, 3.8) is 0 Å². The smallest absolute Gasteiger partial charge is 0.305 e. The molecule has 0 aliphatic rings. The molecule has 4 unspecified atom stereocenters. The Kier molecular flexibility index (Phi) is 93.9. The second-order valence-electron chi connectivity index (χ2n) is 33.5. The highest BCUT2D eigenvalue weighted by Gasteiger charge is 2.20. The van der Waals surface area contributed by atoms with Gasteiger partial charge in [-0.15, -0.1) is 0 Å². The maximum absolute atomic E-state index is 12.4. The van der Waals surface area contributed by atoms with E-state index in [1.54, 1.807) is 0 Å². The lowest BCUT2D eigenvalue weighted by Crippen LogP contribution is -2.36. The van der Waals surface area contributed by atoms with Gasteiger partial charge in [0, 0.05) is 51.5 Å². The number of carbonyl (C=O) groups excluding carboxylic acids is 5. The number of hydrogen-bond donors (Lipinski definition) is 2. The van der Waals surface area contributed by atoms with E-state index in [9.17, 15) is 29.4 Å². The van der Waals surface area contributed by atoms with Gasteiger partial charge in [-0.2, -0.15) is 0 Å². The molecule has 4 atom stereocenters. The van der Waals surface area contributed by atoms with Crippen LogP contribution in [-0.4, -0.2) is 104 Å². The van der Waals surface area contributed by atoms with Crippen molar-refractivity contribution in [2.75, 3.05) is 52.7 Å². The van der Waals surface area contributed by atoms with Crippen molar-refractivity contribution in [3.8, 4) is 0 Å². The summed E-state index contributed by atoms with van der Waals surface area (Å²) in [6, 6.07) is 0.603. The molecule has 2 N–H and O–H groups in total. The van der Waals surface area contributed by atoms with Gasteiger partial charge in [0.25, 0.3) is 0 Å². The third-order valence-corrected chi connectivity index (χ3v) is 23.0. The zero-order valence-electron chi connectivity index (χ0n) is 74.8. The topological polar surface area (TPSA) is 166 Å². The quantitative estimate of drug-likeness (QED) is 0.0257. The summed E-state index contributed by atoms with van der Waals surface area (Å²) in [5.74, 6) is 2.99. The monoisotopic (exact) mass is 1550 g/mol. The zero-order chi connectivity index (χ0) is 80.6. The van der Waals surface area contributed by atoms with Crippen molar-refractivity contribution in [1.82, 2.24) is 4.90 Å². The number of ether oxygens (including phenoxy) is 4. The van der Waals surface area contributed by atoms with E-state index in [4.69, 9.17) is 23.7 Å². The fraction of sp³-hybridized carbons (Fsp3) is 0.948. The lowest BCUT2D eigenvalue weighted by molar-refractivity contribution is -0.146. The van der Waals surface area contributed by atoms with Gasteiger partial charge in [-0.25, -0.2) is 0 Å². The van der Waals surface area contributed by atoms with Crippen LogP contribution in [0.2, 0.25) is 0 Å². The first-order chi connectivity index (χ1) is 53.4. The number of aliphatic hydroxyl groups is 2. The highest BCUT2D eigenvalue weighted by atomic mass is 16.5. The van der Waals surface area contributed by atoms with Crippen molar-refractivity contribution >= 4 is 30.2 Å². The molecule has 0 amide bonds. The number of nitrogens with zero attached hydrogens (tertiary/aromatic N) is 1. The molecule has 0 aromatic carbocycles. The van der Waals surface area contributed by atoms with Crippen LogP contribution in [0.3, 0.4) is 0 Å². The molecule has 109 heavy (non-hydrogen) atoms. The SMILES string of the molecule is CC=O.CCCCCCC(CCCC)COC(=O)CCCCCCCCC(CCCCCCCCC(=O)OCC(CCCC)CCCCCC)N(CC)CCCO.CCCCCCC(CCCC)COC(=O)CCCCCCCCC(CCCCO)CCCCCCCCC(=O)OCC(CCCC)CCCCCC. The fourth-order valence-electron chi connectivity index (χ4n) is 15.7.